The predicted molar refractivity (Wildman–Crippen MR) is 94.5 cm³/mol. The molecule has 0 aliphatic carbocycles. The van der Waals surface area contributed by atoms with Crippen molar-refractivity contribution in [2.24, 2.45) is 4.99 Å². The van der Waals surface area contributed by atoms with Gasteiger partial charge in [-0.05, 0) is 12.8 Å². The summed E-state index contributed by atoms with van der Waals surface area (Å²) in [7, 11) is 1.81. The Kier molecular flexibility index (Phi) is 7.90. The minimum atomic E-state index is 0.684. The summed E-state index contributed by atoms with van der Waals surface area (Å²) in [6.45, 7) is 4.97. The fraction of sp³-hybridized carbons (Fsp3) is 0.824. The topological polar surface area (TPSA) is 67.1 Å². The fourth-order valence-corrected chi connectivity index (χ4v) is 3.01. The second-order valence-corrected chi connectivity index (χ2v) is 6.26. The number of rotatable bonds is 10. The van der Waals surface area contributed by atoms with Crippen molar-refractivity contribution in [1.82, 2.24) is 25.4 Å². The van der Waals surface area contributed by atoms with Gasteiger partial charge in [0.05, 0.1) is 6.54 Å². The number of nitrogens with one attached hydrogen (secondary N) is 2. The molecule has 6 nitrogen and oxygen atoms in total. The van der Waals surface area contributed by atoms with Gasteiger partial charge in [0.2, 0.25) is 0 Å². The van der Waals surface area contributed by atoms with Gasteiger partial charge in [-0.1, -0.05) is 45.4 Å². The van der Waals surface area contributed by atoms with Crippen molar-refractivity contribution in [1.29, 1.82) is 0 Å². The molecule has 0 spiro atoms. The Bertz CT molecular complexity index is 479. The highest BCUT2D eigenvalue weighted by atomic mass is 15.3. The van der Waals surface area contributed by atoms with E-state index in [1.54, 1.807) is 0 Å². The zero-order valence-electron chi connectivity index (χ0n) is 14.8. The molecule has 0 saturated carbocycles. The summed E-state index contributed by atoms with van der Waals surface area (Å²) >= 11 is 0. The molecule has 1 aromatic heterocycles. The van der Waals surface area contributed by atoms with Gasteiger partial charge in [0.25, 0.3) is 0 Å². The fourth-order valence-electron chi connectivity index (χ4n) is 3.01. The molecular weight excluding hydrogens is 288 g/mol. The molecule has 0 atom stereocenters. The van der Waals surface area contributed by atoms with Crippen LogP contribution in [0.4, 0.5) is 0 Å². The summed E-state index contributed by atoms with van der Waals surface area (Å²) in [5.74, 6) is 2.98. The van der Waals surface area contributed by atoms with Crippen molar-refractivity contribution in [3.05, 3.63) is 11.6 Å². The van der Waals surface area contributed by atoms with E-state index < -0.39 is 0 Å². The molecule has 0 radical (unpaired) electrons. The molecule has 6 heteroatoms. The number of guanidine groups is 1. The summed E-state index contributed by atoms with van der Waals surface area (Å²) in [4.78, 5) is 4.28. The van der Waals surface area contributed by atoms with Gasteiger partial charge >= 0.3 is 0 Å². The van der Waals surface area contributed by atoms with Gasteiger partial charge in [-0.15, -0.1) is 10.2 Å². The zero-order chi connectivity index (χ0) is 16.3. The Morgan fingerprint density at radius 3 is 2.65 bits per heavy atom. The summed E-state index contributed by atoms with van der Waals surface area (Å²) in [6.07, 6.45) is 11.5. The normalized spacial score (nSPS) is 14.1. The van der Waals surface area contributed by atoms with E-state index in [4.69, 9.17) is 0 Å². The van der Waals surface area contributed by atoms with E-state index in [-0.39, 0.29) is 0 Å². The summed E-state index contributed by atoms with van der Waals surface area (Å²) in [5, 5.41) is 15.2. The van der Waals surface area contributed by atoms with Crippen LogP contribution in [0.5, 0.6) is 0 Å². The maximum Gasteiger partial charge on any atom is 0.191 e. The van der Waals surface area contributed by atoms with Gasteiger partial charge in [-0.25, -0.2) is 0 Å². The Labute approximate surface area is 140 Å². The van der Waals surface area contributed by atoms with Crippen molar-refractivity contribution >= 4 is 5.96 Å². The van der Waals surface area contributed by atoms with E-state index in [9.17, 15) is 0 Å². The van der Waals surface area contributed by atoms with Crippen molar-refractivity contribution in [3.63, 3.8) is 0 Å². The third-order valence-electron chi connectivity index (χ3n) is 4.40. The van der Waals surface area contributed by atoms with Crippen LogP contribution in [0, 0.1) is 0 Å². The van der Waals surface area contributed by atoms with Crippen LogP contribution in [0.1, 0.15) is 69.9 Å². The first-order valence-electron chi connectivity index (χ1n) is 9.20. The molecule has 0 saturated heterocycles. The van der Waals surface area contributed by atoms with E-state index >= 15 is 0 Å². The lowest BCUT2D eigenvalue weighted by Crippen LogP contribution is -2.37. The Hall–Kier alpha value is -1.59. The highest BCUT2D eigenvalue weighted by Gasteiger charge is 2.16. The number of aliphatic imine (C=N–C) groups is 1. The molecule has 1 aromatic rings. The van der Waals surface area contributed by atoms with Crippen LogP contribution in [0.15, 0.2) is 4.99 Å². The minimum absolute atomic E-state index is 0.684. The van der Waals surface area contributed by atoms with Crippen LogP contribution >= 0.6 is 0 Å². The lowest BCUT2D eigenvalue weighted by atomic mass is 10.1. The Balaban J connectivity index is 1.57. The van der Waals surface area contributed by atoms with Crippen molar-refractivity contribution in [2.45, 2.75) is 77.8 Å². The lowest BCUT2D eigenvalue weighted by Gasteiger charge is -2.11. The SMILES string of the molecule is CCCCCCCCCNC(=NC)NCc1nnc2n1CCC2. The molecule has 2 rings (SSSR count). The van der Waals surface area contributed by atoms with Gasteiger partial charge < -0.3 is 15.2 Å². The molecule has 2 N–H and O–H groups in total. The van der Waals surface area contributed by atoms with Crippen molar-refractivity contribution in [2.75, 3.05) is 13.6 Å². The van der Waals surface area contributed by atoms with Gasteiger partial charge in [-0.3, -0.25) is 4.99 Å². The Morgan fingerprint density at radius 1 is 1.09 bits per heavy atom. The van der Waals surface area contributed by atoms with Crippen LogP contribution in [0.3, 0.4) is 0 Å². The van der Waals surface area contributed by atoms with Crippen LogP contribution in [-0.2, 0) is 19.5 Å². The van der Waals surface area contributed by atoms with Gasteiger partial charge in [-0.2, -0.15) is 0 Å². The molecular formula is C17H32N6. The molecule has 0 aromatic carbocycles. The first kappa shape index (κ1) is 17.8. The number of aryl methyl sites for hydroxylation is 1. The van der Waals surface area contributed by atoms with Gasteiger partial charge in [0, 0.05) is 26.6 Å². The minimum Gasteiger partial charge on any atom is -0.356 e. The van der Waals surface area contributed by atoms with E-state index in [0.29, 0.717) is 6.54 Å². The smallest absolute Gasteiger partial charge is 0.191 e. The molecule has 1 aliphatic rings. The third kappa shape index (κ3) is 5.84. The third-order valence-corrected chi connectivity index (χ3v) is 4.40. The van der Waals surface area contributed by atoms with Crippen molar-refractivity contribution < 1.29 is 0 Å². The number of nitrogens with zero attached hydrogens (tertiary/aromatic N) is 4. The quantitative estimate of drug-likeness (QED) is 0.395. The Morgan fingerprint density at radius 2 is 1.87 bits per heavy atom. The number of unbranched alkanes of at least 4 members (excludes halogenated alkanes) is 6. The monoisotopic (exact) mass is 320 g/mol. The van der Waals surface area contributed by atoms with Crippen LogP contribution < -0.4 is 10.6 Å². The molecule has 0 amide bonds. The van der Waals surface area contributed by atoms with Crippen LogP contribution in [0.25, 0.3) is 0 Å². The zero-order valence-corrected chi connectivity index (χ0v) is 14.8. The molecule has 0 fully saturated rings. The second-order valence-electron chi connectivity index (χ2n) is 6.26. The highest BCUT2D eigenvalue weighted by Crippen LogP contribution is 2.13. The van der Waals surface area contributed by atoms with Crippen LogP contribution in [0.2, 0.25) is 0 Å². The van der Waals surface area contributed by atoms with E-state index in [1.807, 2.05) is 7.05 Å². The predicted octanol–water partition coefficient (Wildman–Crippen LogP) is 2.64. The number of hydrogen-bond donors (Lipinski definition) is 2. The van der Waals surface area contributed by atoms with E-state index in [2.05, 4.69) is 37.3 Å². The largest absolute Gasteiger partial charge is 0.356 e. The molecule has 2 heterocycles. The molecule has 1 aliphatic heterocycles. The standard InChI is InChI=1S/C17H32N6/c1-3-4-5-6-7-8-9-12-19-17(18-2)20-14-16-22-21-15-11-10-13-23(15)16/h3-14H2,1-2H3,(H2,18,19,20). The van der Waals surface area contributed by atoms with Crippen molar-refractivity contribution in [3.8, 4) is 0 Å². The number of fused-ring (bicyclic) bond motifs is 1. The highest BCUT2D eigenvalue weighted by molar-refractivity contribution is 5.79. The molecule has 23 heavy (non-hydrogen) atoms. The summed E-state index contributed by atoms with van der Waals surface area (Å²) in [5.41, 5.74) is 0. The van der Waals surface area contributed by atoms with Gasteiger partial charge in [0.15, 0.2) is 11.8 Å². The maximum absolute atomic E-state index is 4.28. The molecule has 130 valence electrons. The van der Waals surface area contributed by atoms with Gasteiger partial charge in [0.1, 0.15) is 5.82 Å². The lowest BCUT2D eigenvalue weighted by molar-refractivity contribution is 0.583. The molecule has 0 unspecified atom stereocenters. The van der Waals surface area contributed by atoms with E-state index in [0.717, 1.165) is 37.1 Å². The summed E-state index contributed by atoms with van der Waals surface area (Å²) in [6, 6.07) is 0. The average Bonchev–Trinajstić information content (AvgIpc) is 3.17. The first-order chi connectivity index (χ1) is 11.3. The van der Waals surface area contributed by atoms with E-state index in [1.165, 1.54) is 51.4 Å². The maximum atomic E-state index is 4.28. The average molecular weight is 320 g/mol. The van der Waals surface area contributed by atoms with Crippen LogP contribution in [-0.4, -0.2) is 34.3 Å². The second kappa shape index (κ2) is 10.2. The number of hydrogen-bond acceptors (Lipinski definition) is 3. The first-order valence-corrected chi connectivity index (χ1v) is 9.20. The number of aromatic nitrogens is 3. The summed E-state index contributed by atoms with van der Waals surface area (Å²) < 4.78 is 2.22. The molecule has 0 bridgehead atoms.